The van der Waals surface area contributed by atoms with Gasteiger partial charge in [-0.3, -0.25) is 4.57 Å². The van der Waals surface area contributed by atoms with E-state index in [9.17, 15) is 0 Å². The molecule has 0 saturated heterocycles. The number of imidazole rings is 1. The van der Waals surface area contributed by atoms with E-state index >= 15 is 0 Å². The Hall–Kier alpha value is -0.680. The lowest BCUT2D eigenvalue weighted by molar-refractivity contribution is -0.702. The summed E-state index contributed by atoms with van der Waals surface area (Å²) in [6.07, 6.45) is 6.77. The van der Waals surface area contributed by atoms with E-state index in [4.69, 9.17) is 19.2 Å². The molecular formula is C10H21N2O4P. The van der Waals surface area contributed by atoms with Crippen molar-refractivity contribution in [2.75, 3.05) is 0 Å². The van der Waals surface area contributed by atoms with Crippen LogP contribution in [0.25, 0.3) is 0 Å². The first-order valence-corrected chi connectivity index (χ1v) is 7.14. The molecule has 1 rings (SSSR count). The molecule has 0 bridgehead atoms. The highest BCUT2D eigenvalue weighted by Gasteiger charge is 2.09. The van der Waals surface area contributed by atoms with Gasteiger partial charge in [0.2, 0.25) is 0 Å². The lowest BCUT2D eigenvalue weighted by atomic mass is 10.4. The molecule has 0 aliphatic carbocycles. The van der Waals surface area contributed by atoms with Gasteiger partial charge >= 0.3 is 0 Å². The maximum absolute atomic E-state index is 8.77. The summed E-state index contributed by atoms with van der Waals surface area (Å²) < 4.78 is 13.4. The van der Waals surface area contributed by atoms with Gasteiger partial charge in [-0.15, -0.1) is 0 Å². The lowest BCUT2D eigenvalue weighted by Gasteiger charge is -2.01. The van der Waals surface area contributed by atoms with Gasteiger partial charge in [0.15, 0.2) is 0 Å². The zero-order valence-electron chi connectivity index (χ0n) is 10.5. The number of phosphoric acid groups is 1. The third-order valence-electron chi connectivity index (χ3n) is 2.19. The normalized spacial score (nSPS) is 10.9. The summed E-state index contributed by atoms with van der Waals surface area (Å²) in [4.78, 5) is 22.9. The molecule has 6 nitrogen and oxygen atoms in total. The highest BCUT2D eigenvalue weighted by molar-refractivity contribution is 7.43. The lowest BCUT2D eigenvalue weighted by Crippen LogP contribution is -2.35. The summed E-state index contributed by atoms with van der Waals surface area (Å²) >= 11 is 0. The first-order valence-electron chi connectivity index (χ1n) is 5.61. The fraction of sp³-hybridized carbons (Fsp3) is 0.700. The largest absolute Gasteiger partial charge is 0.756 e. The zero-order chi connectivity index (χ0) is 13.5. The van der Waals surface area contributed by atoms with Crippen molar-refractivity contribution in [3.8, 4) is 0 Å². The van der Waals surface area contributed by atoms with Gasteiger partial charge in [-0.1, -0.05) is 13.8 Å². The van der Waals surface area contributed by atoms with Gasteiger partial charge in [0.05, 0.1) is 13.1 Å². The Morgan fingerprint density at radius 2 is 1.94 bits per heavy atom. The Labute approximate surface area is 102 Å². The molecule has 2 N–H and O–H groups in total. The van der Waals surface area contributed by atoms with E-state index in [2.05, 4.69) is 42.3 Å². The van der Waals surface area contributed by atoms with Crippen molar-refractivity contribution in [3.05, 3.63) is 18.2 Å². The Kier molecular flexibility index (Phi) is 7.30. The minimum Gasteiger partial charge on any atom is -0.756 e. The molecule has 7 heteroatoms. The quantitative estimate of drug-likeness (QED) is 0.606. The SMILES string of the molecule is CCCn1cc[n+](CCC)c1C.O=P([O-])(O)O. The Bertz CT molecular complexity index is 341. The van der Waals surface area contributed by atoms with Gasteiger partial charge in [0.1, 0.15) is 12.4 Å². The van der Waals surface area contributed by atoms with E-state index in [1.807, 2.05) is 0 Å². The number of aryl methyl sites for hydroxylation is 2. The summed E-state index contributed by atoms with van der Waals surface area (Å²) in [6, 6.07) is 0. The molecule has 1 aromatic heterocycles. The van der Waals surface area contributed by atoms with Crippen molar-refractivity contribution in [1.82, 2.24) is 4.57 Å². The average molecular weight is 264 g/mol. The van der Waals surface area contributed by atoms with Gasteiger partial charge in [0, 0.05) is 6.92 Å². The van der Waals surface area contributed by atoms with Crippen LogP contribution in [0.15, 0.2) is 12.4 Å². The third-order valence-corrected chi connectivity index (χ3v) is 2.19. The summed E-state index contributed by atoms with van der Waals surface area (Å²) in [6.45, 7) is 8.89. The number of rotatable bonds is 4. The first-order chi connectivity index (χ1) is 7.79. The van der Waals surface area contributed by atoms with Crippen LogP contribution in [0.1, 0.15) is 32.5 Å². The van der Waals surface area contributed by atoms with Crippen molar-refractivity contribution < 1.29 is 23.8 Å². The minimum absolute atomic E-state index is 1.14. The molecule has 17 heavy (non-hydrogen) atoms. The van der Waals surface area contributed by atoms with Gasteiger partial charge in [-0.25, -0.2) is 9.13 Å². The fourth-order valence-electron chi connectivity index (χ4n) is 1.50. The Balaban J connectivity index is 0.000000437. The molecule has 1 aromatic rings. The van der Waals surface area contributed by atoms with E-state index in [-0.39, 0.29) is 0 Å². The molecule has 0 unspecified atom stereocenters. The molecule has 0 atom stereocenters. The van der Waals surface area contributed by atoms with Crippen LogP contribution in [0, 0.1) is 6.92 Å². The summed E-state index contributed by atoms with van der Waals surface area (Å²) in [5, 5.41) is 0. The summed E-state index contributed by atoms with van der Waals surface area (Å²) in [7, 11) is -4.89. The van der Waals surface area contributed by atoms with Crippen molar-refractivity contribution in [1.29, 1.82) is 0 Å². The number of nitrogens with zero attached hydrogens (tertiary/aromatic N) is 2. The molecule has 0 radical (unpaired) electrons. The molecule has 0 saturated carbocycles. The molecule has 0 aliphatic rings. The van der Waals surface area contributed by atoms with Crippen LogP contribution in [0.5, 0.6) is 0 Å². The highest BCUT2D eigenvalue weighted by atomic mass is 31.2. The number of hydrogen-bond acceptors (Lipinski definition) is 2. The number of hydrogen-bond donors (Lipinski definition) is 2. The van der Waals surface area contributed by atoms with Crippen LogP contribution in [-0.2, 0) is 17.7 Å². The van der Waals surface area contributed by atoms with Crippen LogP contribution in [0.2, 0.25) is 0 Å². The zero-order valence-corrected chi connectivity index (χ0v) is 11.4. The molecule has 0 aliphatic heterocycles. The molecule has 0 fully saturated rings. The van der Waals surface area contributed by atoms with Crippen LogP contribution in [0.3, 0.4) is 0 Å². The van der Waals surface area contributed by atoms with Crippen molar-refractivity contribution in [2.45, 2.75) is 46.7 Å². The van der Waals surface area contributed by atoms with Gasteiger partial charge in [0.25, 0.3) is 13.6 Å². The molecule has 0 spiro atoms. The van der Waals surface area contributed by atoms with E-state index in [0.717, 1.165) is 13.1 Å². The van der Waals surface area contributed by atoms with E-state index in [0.29, 0.717) is 0 Å². The van der Waals surface area contributed by atoms with E-state index in [1.54, 1.807) is 0 Å². The average Bonchev–Trinajstić information content (AvgIpc) is 2.49. The molecule has 0 aromatic carbocycles. The second-order valence-corrected chi connectivity index (χ2v) is 4.70. The van der Waals surface area contributed by atoms with Crippen LogP contribution in [-0.4, -0.2) is 14.4 Å². The van der Waals surface area contributed by atoms with E-state index < -0.39 is 7.82 Å². The molecule has 1 heterocycles. The summed E-state index contributed by atoms with van der Waals surface area (Å²) in [5.74, 6) is 1.37. The van der Waals surface area contributed by atoms with Gasteiger partial charge in [-0.05, 0) is 12.8 Å². The molecule has 100 valence electrons. The van der Waals surface area contributed by atoms with Gasteiger partial charge in [-0.2, -0.15) is 0 Å². The fourth-order valence-corrected chi connectivity index (χ4v) is 1.50. The van der Waals surface area contributed by atoms with Crippen LogP contribution >= 0.6 is 7.82 Å². The monoisotopic (exact) mass is 264 g/mol. The summed E-state index contributed by atoms with van der Waals surface area (Å²) in [5.41, 5.74) is 0. The van der Waals surface area contributed by atoms with Gasteiger partial charge < -0.3 is 14.7 Å². The maximum Gasteiger partial charge on any atom is 0.262 e. The van der Waals surface area contributed by atoms with Crippen molar-refractivity contribution in [3.63, 3.8) is 0 Å². The molecule has 0 amide bonds. The second kappa shape index (κ2) is 7.61. The predicted octanol–water partition coefficient (Wildman–Crippen LogP) is 0.343. The molecular weight excluding hydrogens is 243 g/mol. The topological polar surface area (TPSA) is 89.4 Å². The smallest absolute Gasteiger partial charge is 0.262 e. The maximum atomic E-state index is 8.77. The van der Waals surface area contributed by atoms with Crippen LogP contribution in [0.4, 0.5) is 0 Å². The number of aromatic nitrogens is 2. The van der Waals surface area contributed by atoms with Crippen LogP contribution < -0.4 is 9.46 Å². The first kappa shape index (κ1) is 16.3. The standard InChI is InChI=1S/C10H19N2.H3O4P/c1-4-6-11-8-9-12(7-5-2)10(11)3;1-5(2,3)4/h8-9H,4-7H2,1-3H3;(H3,1,2,3,4)/q+1;/p-1. The second-order valence-electron chi connectivity index (χ2n) is 3.72. The van der Waals surface area contributed by atoms with Crippen molar-refractivity contribution in [2.24, 2.45) is 0 Å². The predicted molar refractivity (Wildman–Crippen MR) is 62.0 cm³/mol. The minimum atomic E-state index is -4.89. The Morgan fingerprint density at radius 3 is 2.35 bits per heavy atom. The van der Waals surface area contributed by atoms with Crippen molar-refractivity contribution >= 4 is 7.82 Å². The Morgan fingerprint density at radius 1 is 1.41 bits per heavy atom. The highest BCUT2D eigenvalue weighted by Crippen LogP contribution is 2.18. The third kappa shape index (κ3) is 8.10. The van der Waals surface area contributed by atoms with E-state index in [1.165, 1.54) is 18.7 Å².